The molecule has 0 spiro atoms. The number of nitrogens with one attached hydrogen (secondary N) is 1. The lowest BCUT2D eigenvalue weighted by Crippen LogP contribution is -2.49. The summed E-state index contributed by atoms with van der Waals surface area (Å²) in [5.74, 6) is -1.17. The normalized spacial score (nSPS) is 22.5. The van der Waals surface area contributed by atoms with Gasteiger partial charge in [-0.25, -0.2) is 4.79 Å². The Kier molecular flexibility index (Phi) is 5.87. The average molecular weight is 475 g/mol. The van der Waals surface area contributed by atoms with Crippen LogP contribution in [0.25, 0.3) is 11.1 Å². The van der Waals surface area contributed by atoms with E-state index in [2.05, 4.69) is 29.6 Å². The third kappa shape index (κ3) is 4.20. The van der Waals surface area contributed by atoms with E-state index in [9.17, 15) is 19.5 Å². The van der Waals surface area contributed by atoms with E-state index in [4.69, 9.17) is 4.74 Å². The number of allylic oxidation sites excluding steroid dienone is 1. The molecule has 3 aliphatic rings. The van der Waals surface area contributed by atoms with Gasteiger partial charge in [0.15, 0.2) is 0 Å². The first kappa shape index (κ1) is 23.1. The highest BCUT2D eigenvalue weighted by molar-refractivity contribution is 5.88. The van der Waals surface area contributed by atoms with Gasteiger partial charge in [-0.1, -0.05) is 60.2 Å². The number of likely N-dealkylation sites (tertiary alicyclic amines) is 1. The highest BCUT2D eigenvalue weighted by atomic mass is 16.5. The lowest BCUT2D eigenvalue weighted by atomic mass is 9.98. The Balaban J connectivity index is 1.26. The van der Waals surface area contributed by atoms with Crippen molar-refractivity contribution in [3.8, 4) is 11.1 Å². The van der Waals surface area contributed by atoms with Crippen LogP contribution in [0.3, 0.4) is 0 Å². The van der Waals surface area contributed by atoms with Crippen LogP contribution in [0.15, 0.2) is 60.2 Å². The van der Waals surface area contributed by atoms with Gasteiger partial charge in [0, 0.05) is 19.0 Å². The van der Waals surface area contributed by atoms with Gasteiger partial charge in [-0.3, -0.25) is 9.59 Å². The van der Waals surface area contributed by atoms with Crippen molar-refractivity contribution in [1.82, 2.24) is 10.2 Å². The van der Waals surface area contributed by atoms with Gasteiger partial charge in [0.2, 0.25) is 5.91 Å². The molecule has 7 nitrogen and oxygen atoms in total. The Hall–Kier alpha value is -3.61. The van der Waals surface area contributed by atoms with Crippen LogP contribution in [-0.2, 0) is 14.3 Å². The van der Waals surface area contributed by atoms with Crippen LogP contribution >= 0.6 is 0 Å². The number of carboxylic acids is 1. The fraction of sp³-hybridized carbons (Fsp3) is 0.393. The van der Waals surface area contributed by atoms with Crippen LogP contribution in [0.5, 0.6) is 0 Å². The molecule has 2 aliphatic carbocycles. The molecule has 35 heavy (non-hydrogen) atoms. The molecule has 2 fully saturated rings. The molecule has 5 rings (SSSR count). The molecule has 7 heteroatoms. The van der Waals surface area contributed by atoms with Crippen LogP contribution in [0.2, 0.25) is 0 Å². The number of benzene rings is 2. The molecule has 1 heterocycles. The summed E-state index contributed by atoms with van der Waals surface area (Å²) in [4.78, 5) is 39.3. The molecule has 1 saturated carbocycles. The summed E-state index contributed by atoms with van der Waals surface area (Å²) in [6.07, 6.45) is 2.19. The van der Waals surface area contributed by atoms with Crippen LogP contribution < -0.4 is 5.32 Å². The topological polar surface area (TPSA) is 95.9 Å². The van der Waals surface area contributed by atoms with Gasteiger partial charge in [-0.2, -0.15) is 0 Å². The van der Waals surface area contributed by atoms with Crippen molar-refractivity contribution in [2.24, 2.45) is 11.3 Å². The minimum Gasteiger partial charge on any atom is -0.481 e. The summed E-state index contributed by atoms with van der Waals surface area (Å²) in [7, 11) is 0. The number of hydrogen-bond acceptors (Lipinski definition) is 4. The predicted molar refractivity (Wildman–Crippen MR) is 131 cm³/mol. The summed E-state index contributed by atoms with van der Waals surface area (Å²) >= 11 is 0. The van der Waals surface area contributed by atoms with Crippen molar-refractivity contribution in [2.75, 3.05) is 19.7 Å². The summed E-state index contributed by atoms with van der Waals surface area (Å²) in [5, 5.41) is 12.3. The van der Waals surface area contributed by atoms with E-state index >= 15 is 0 Å². The first-order chi connectivity index (χ1) is 16.8. The Morgan fingerprint density at radius 1 is 1.11 bits per heavy atom. The molecule has 1 aliphatic heterocycles. The highest BCUT2D eigenvalue weighted by Gasteiger charge is 2.66. The fourth-order valence-corrected chi connectivity index (χ4v) is 5.56. The molecule has 182 valence electrons. The number of nitrogens with zero attached hydrogens (tertiary/aromatic N) is 1. The second-order valence-corrected chi connectivity index (χ2v) is 10.1. The van der Waals surface area contributed by atoms with E-state index < -0.39 is 23.5 Å². The largest absolute Gasteiger partial charge is 0.481 e. The molecular weight excluding hydrogens is 444 g/mol. The molecule has 0 bridgehead atoms. The molecule has 2 aromatic rings. The zero-order chi connectivity index (χ0) is 24.7. The minimum atomic E-state index is -0.844. The quantitative estimate of drug-likeness (QED) is 0.587. The van der Waals surface area contributed by atoms with Gasteiger partial charge in [0.05, 0.1) is 5.41 Å². The number of fused-ring (bicyclic) bond motifs is 4. The smallest absolute Gasteiger partial charge is 0.407 e. The number of ether oxygens (including phenoxy) is 1. The van der Waals surface area contributed by atoms with Crippen molar-refractivity contribution in [3.63, 3.8) is 0 Å². The number of aliphatic carboxylic acids is 1. The van der Waals surface area contributed by atoms with Crippen molar-refractivity contribution in [2.45, 2.75) is 38.6 Å². The Morgan fingerprint density at radius 2 is 1.74 bits per heavy atom. The Bertz CT molecular complexity index is 1170. The maximum atomic E-state index is 13.2. The zero-order valence-corrected chi connectivity index (χ0v) is 20.0. The second-order valence-electron chi connectivity index (χ2n) is 10.1. The Morgan fingerprint density at radius 3 is 2.31 bits per heavy atom. The monoisotopic (exact) mass is 474 g/mol. The molecular formula is C28H30N2O5. The number of amides is 2. The number of carbonyl (C=O) groups excluding carboxylic acids is 2. The first-order valence-corrected chi connectivity index (χ1v) is 12.1. The molecule has 3 atom stereocenters. The number of alkyl carbamates (subject to hydrolysis) is 1. The summed E-state index contributed by atoms with van der Waals surface area (Å²) in [6, 6.07) is 15.4. The predicted octanol–water partition coefficient (Wildman–Crippen LogP) is 4.18. The minimum absolute atomic E-state index is 0.00232. The molecule has 0 aromatic heterocycles. The molecule has 2 N–H and O–H groups in total. The van der Waals surface area contributed by atoms with Gasteiger partial charge >= 0.3 is 12.1 Å². The number of carboxylic acid groups (broad SMARTS) is 1. The van der Waals surface area contributed by atoms with E-state index in [1.165, 1.54) is 0 Å². The van der Waals surface area contributed by atoms with Gasteiger partial charge in [0.1, 0.15) is 12.6 Å². The maximum Gasteiger partial charge on any atom is 0.407 e. The molecule has 0 radical (unpaired) electrons. The van der Waals surface area contributed by atoms with Gasteiger partial charge in [0.25, 0.3) is 0 Å². The number of piperidine rings is 1. The van der Waals surface area contributed by atoms with E-state index in [1.807, 2.05) is 44.2 Å². The Labute approximate surface area is 204 Å². The first-order valence-electron chi connectivity index (χ1n) is 12.1. The second kappa shape index (κ2) is 8.87. The maximum absolute atomic E-state index is 13.2. The van der Waals surface area contributed by atoms with Gasteiger partial charge in [-0.15, -0.1) is 0 Å². The fourth-order valence-electron chi connectivity index (χ4n) is 5.56. The number of carbonyl (C=O) groups is 3. The zero-order valence-electron chi connectivity index (χ0n) is 20.0. The molecule has 1 saturated heterocycles. The third-order valence-electron chi connectivity index (χ3n) is 7.58. The lowest BCUT2D eigenvalue weighted by molar-refractivity contribution is -0.144. The van der Waals surface area contributed by atoms with Crippen molar-refractivity contribution >= 4 is 18.0 Å². The standard InChI is InChI=1S/C28H30N2O5/c1-17(2)11-12-24(25(31)30-14-18-13-28(18,16-30)26(32)33)29-27(34)35-15-23-21-9-5-3-7-19(21)20-8-4-6-10-22(20)23/h3-11,18,23-24H,12-16H2,1-2H3,(H,29,34)(H,32,33). The van der Waals surface area contributed by atoms with Crippen molar-refractivity contribution in [1.29, 1.82) is 0 Å². The molecule has 3 unspecified atom stereocenters. The van der Waals surface area contributed by atoms with E-state index in [0.717, 1.165) is 27.8 Å². The molecule has 2 amide bonds. The average Bonchev–Trinajstić information content (AvgIpc) is 3.27. The number of rotatable bonds is 7. The van der Waals surface area contributed by atoms with Crippen molar-refractivity contribution in [3.05, 3.63) is 71.3 Å². The van der Waals surface area contributed by atoms with Gasteiger partial charge in [-0.05, 0) is 54.9 Å². The van der Waals surface area contributed by atoms with Crippen molar-refractivity contribution < 1.29 is 24.2 Å². The highest BCUT2D eigenvalue weighted by Crippen LogP contribution is 2.58. The van der Waals surface area contributed by atoms with Crippen LogP contribution in [0.1, 0.15) is 43.7 Å². The third-order valence-corrected chi connectivity index (χ3v) is 7.58. The van der Waals surface area contributed by atoms with Crippen LogP contribution in [0.4, 0.5) is 4.79 Å². The van der Waals surface area contributed by atoms with E-state index in [0.29, 0.717) is 19.4 Å². The molecule has 2 aromatic carbocycles. The summed E-state index contributed by atoms with van der Waals surface area (Å²) < 4.78 is 5.64. The van der Waals surface area contributed by atoms with Crippen LogP contribution in [0, 0.1) is 11.3 Å². The summed E-state index contributed by atoms with van der Waals surface area (Å²) in [6.45, 7) is 4.64. The van der Waals surface area contributed by atoms with E-state index in [1.54, 1.807) is 4.90 Å². The SMILES string of the molecule is CC(C)=CCC(NC(=O)OCC1c2ccccc2-c2ccccc21)C(=O)N1CC2CC2(C(=O)O)C1. The van der Waals surface area contributed by atoms with Gasteiger partial charge < -0.3 is 20.1 Å². The number of hydrogen-bond donors (Lipinski definition) is 2. The van der Waals surface area contributed by atoms with E-state index in [-0.39, 0.29) is 30.9 Å². The lowest BCUT2D eigenvalue weighted by Gasteiger charge is -2.25. The van der Waals surface area contributed by atoms with Crippen LogP contribution in [-0.4, -0.2) is 53.7 Å². The summed E-state index contributed by atoms with van der Waals surface area (Å²) in [5.41, 5.74) is 4.76.